The number of hydrogen-bond donors (Lipinski definition) is 0. The minimum absolute atomic E-state index is 0.161. The lowest BCUT2D eigenvalue weighted by molar-refractivity contribution is 0.343. The Kier molecular flexibility index (Phi) is 5.23. The topological polar surface area (TPSA) is 3.24 Å². The van der Waals surface area contributed by atoms with Crippen molar-refractivity contribution in [3.8, 4) is 0 Å². The summed E-state index contributed by atoms with van der Waals surface area (Å²) < 4.78 is 27.7. The molecule has 2 unspecified atom stereocenters. The van der Waals surface area contributed by atoms with Gasteiger partial charge in [0.25, 0.3) is 0 Å². The van der Waals surface area contributed by atoms with E-state index in [4.69, 9.17) is 0 Å². The highest BCUT2D eigenvalue weighted by Crippen LogP contribution is 2.61. The van der Waals surface area contributed by atoms with Crippen molar-refractivity contribution in [1.29, 1.82) is 0 Å². The van der Waals surface area contributed by atoms with Gasteiger partial charge in [-0.05, 0) is 81.8 Å². The number of halogens is 2. The number of nitrogens with zero attached hydrogens (tertiary/aromatic N) is 1. The van der Waals surface area contributed by atoms with Crippen LogP contribution in [0.1, 0.15) is 62.8 Å². The van der Waals surface area contributed by atoms with Crippen molar-refractivity contribution < 1.29 is 8.78 Å². The third-order valence-electron chi connectivity index (χ3n) is 9.48. The number of benzene rings is 3. The van der Waals surface area contributed by atoms with Gasteiger partial charge in [0.2, 0.25) is 0 Å². The first kappa shape index (κ1) is 24.3. The monoisotopic (exact) mass is 517 g/mol. The summed E-state index contributed by atoms with van der Waals surface area (Å²) >= 11 is 0. The molecule has 0 spiro atoms. The number of alkyl halides is 1. The third kappa shape index (κ3) is 3.55. The van der Waals surface area contributed by atoms with Crippen LogP contribution in [-0.4, -0.2) is 6.17 Å². The van der Waals surface area contributed by atoms with Gasteiger partial charge < -0.3 is 4.90 Å². The molecule has 0 saturated heterocycles. The van der Waals surface area contributed by atoms with Crippen molar-refractivity contribution in [2.24, 2.45) is 5.92 Å². The quantitative estimate of drug-likeness (QED) is 0.327. The average Bonchev–Trinajstić information content (AvgIpc) is 2.93. The van der Waals surface area contributed by atoms with Gasteiger partial charge in [0, 0.05) is 40.2 Å². The van der Waals surface area contributed by atoms with Crippen LogP contribution in [-0.2, 0) is 10.8 Å². The molecule has 2 heterocycles. The first-order valence-electron chi connectivity index (χ1n) is 13.9. The van der Waals surface area contributed by atoms with Crippen molar-refractivity contribution in [2.75, 3.05) is 4.90 Å². The summed E-state index contributed by atoms with van der Waals surface area (Å²) in [6.45, 7) is 9.40. The van der Waals surface area contributed by atoms with Gasteiger partial charge in [-0.3, -0.25) is 0 Å². The second kappa shape index (κ2) is 8.39. The molecule has 0 saturated carbocycles. The lowest BCUT2D eigenvalue weighted by Gasteiger charge is -2.55. The van der Waals surface area contributed by atoms with Crippen LogP contribution in [0.3, 0.4) is 0 Å². The van der Waals surface area contributed by atoms with Gasteiger partial charge >= 0.3 is 0 Å². The molecule has 7 rings (SSSR count). The van der Waals surface area contributed by atoms with E-state index in [1.165, 1.54) is 39.3 Å². The van der Waals surface area contributed by atoms with Crippen molar-refractivity contribution in [2.45, 2.75) is 57.5 Å². The zero-order valence-electron chi connectivity index (χ0n) is 22.9. The highest BCUT2D eigenvalue weighted by Gasteiger charge is 2.51. The van der Waals surface area contributed by atoms with Crippen LogP contribution in [0.4, 0.5) is 20.2 Å². The van der Waals surface area contributed by atoms with Crippen LogP contribution in [0.25, 0.3) is 11.1 Å². The third-order valence-corrected chi connectivity index (χ3v) is 9.48. The molecule has 3 aromatic rings. The average molecular weight is 518 g/mol. The molecule has 2 aliphatic carbocycles. The number of hydrogen-bond acceptors (Lipinski definition) is 1. The second-order valence-electron chi connectivity index (χ2n) is 12.4. The van der Waals surface area contributed by atoms with E-state index in [-0.39, 0.29) is 22.6 Å². The molecule has 196 valence electrons. The predicted molar refractivity (Wildman–Crippen MR) is 157 cm³/mol. The Morgan fingerprint density at radius 2 is 1.56 bits per heavy atom. The Morgan fingerprint density at radius 1 is 0.846 bits per heavy atom. The van der Waals surface area contributed by atoms with E-state index >= 15 is 0 Å². The fourth-order valence-corrected chi connectivity index (χ4v) is 7.20. The van der Waals surface area contributed by atoms with Crippen LogP contribution >= 0.6 is 0 Å². The minimum atomic E-state index is -0.902. The molecule has 3 aromatic carbocycles. The van der Waals surface area contributed by atoms with Gasteiger partial charge in [-0.2, -0.15) is 0 Å². The molecule has 0 N–H and O–H groups in total. The molecular weight excluding hydrogens is 484 g/mol. The van der Waals surface area contributed by atoms with Gasteiger partial charge in [0.15, 0.2) is 0 Å². The first-order valence-corrected chi connectivity index (χ1v) is 13.9. The zero-order valence-corrected chi connectivity index (χ0v) is 22.9. The van der Waals surface area contributed by atoms with Crippen molar-refractivity contribution in [3.63, 3.8) is 0 Å². The highest BCUT2D eigenvalue weighted by molar-refractivity contribution is 5.87. The lowest BCUT2D eigenvalue weighted by atomic mass is 9.58. The highest BCUT2D eigenvalue weighted by atomic mass is 19.1. The van der Waals surface area contributed by atoms with E-state index in [2.05, 4.69) is 81.1 Å². The fourth-order valence-electron chi connectivity index (χ4n) is 7.20. The SMILES string of the molecule is CC1(C)C2=C3C(CC(c4ccc(F)cc4)=C2)C(C)(C)c2cc(C4=CCC(F)C=C4)ccc2N3c2ccccc21. The summed E-state index contributed by atoms with van der Waals surface area (Å²) in [6.07, 6.45) is 8.37. The molecule has 39 heavy (non-hydrogen) atoms. The van der Waals surface area contributed by atoms with E-state index in [9.17, 15) is 8.78 Å². The summed E-state index contributed by atoms with van der Waals surface area (Å²) in [7, 11) is 0. The predicted octanol–water partition coefficient (Wildman–Crippen LogP) is 9.59. The molecule has 0 bridgehead atoms. The Morgan fingerprint density at radius 3 is 2.31 bits per heavy atom. The van der Waals surface area contributed by atoms with Crippen LogP contribution < -0.4 is 4.90 Å². The largest absolute Gasteiger partial charge is 0.313 e. The van der Waals surface area contributed by atoms with Crippen molar-refractivity contribution in [3.05, 3.63) is 130 Å². The molecule has 2 aliphatic heterocycles. The van der Waals surface area contributed by atoms with E-state index < -0.39 is 6.17 Å². The molecular formula is C36H33F2N. The maximum Gasteiger partial charge on any atom is 0.123 e. The summed E-state index contributed by atoms with van der Waals surface area (Å²) in [5.41, 5.74) is 12.0. The second-order valence-corrected chi connectivity index (χ2v) is 12.4. The molecule has 3 heteroatoms. The van der Waals surface area contributed by atoms with Crippen molar-refractivity contribution in [1.82, 2.24) is 0 Å². The number of anilines is 2. The fraction of sp³-hybridized carbons (Fsp3) is 0.278. The van der Waals surface area contributed by atoms with Crippen LogP contribution in [0, 0.1) is 11.7 Å². The van der Waals surface area contributed by atoms with Crippen LogP contribution in [0.15, 0.2) is 102 Å². The molecule has 4 aliphatic rings. The maximum absolute atomic E-state index is 13.8. The van der Waals surface area contributed by atoms with E-state index in [1.54, 1.807) is 18.2 Å². The summed E-state index contributed by atoms with van der Waals surface area (Å²) in [5.74, 6) is 0.0248. The van der Waals surface area contributed by atoms with E-state index in [0.29, 0.717) is 6.42 Å². The van der Waals surface area contributed by atoms with Gasteiger partial charge in [0.05, 0.1) is 0 Å². The van der Waals surface area contributed by atoms with Gasteiger partial charge in [-0.15, -0.1) is 0 Å². The van der Waals surface area contributed by atoms with Gasteiger partial charge in [-0.1, -0.05) is 82.3 Å². The molecule has 1 nitrogen and oxygen atoms in total. The van der Waals surface area contributed by atoms with Crippen molar-refractivity contribution >= 4 is 22.5 Å². The molecule has 0 radical (unpaired) electrons. The normalized spacial score (nSPS) is 23.9. The molecule has 0 aromatic heterocycles. The summed E-state index contributed by atoms with van der Waals surface area (Å²) in [4.78, 5) is 2.51. The lowest BCUT2D eigenvalue weighted by Crippen LogP contribution is -2.47. The number of rotatable bonds is 2. The Bertz CT molecular complexity index is 1630. The Balaban J connectivity index is 1.48. The molecule has 2 atom stereocenters. The summed E-state index contributed by atoms with van der Waals surface area (Å²) in [5, 5.41) is 0. The first-order chi connectivity index (χ1) is 18.7. The number of allylic oxidation sites excluding steroid dienone is 8. The van der Waals surface area contributed by atoms with Gasteiger partial charge in [0.1, 0.15) is 12.0 Å². The minimum Gasteiger partial charge on any atom is -0.313 e. The summed E-state index contributed by atoms with van der Waals surface area (Å²) in [6, 6.07) is 22.5. The van der Waals surface area contributed by atoms with E-state index in [1.807, 2.05) is 24.3 Å². The number of para-hydroxylation sites is 1. The standard InChI is InChI=1S/C36H33F2N/c1-35(2)28-7-5-6-8-32(28)39-33-18-13-24(22-9-14-26(37)15-10-22)19-29(33)36(3,4)31-21-25(20-30(35)34(31)39)23-11-16-27(38)17-12-23/h5-14,16-20,26,31H,15,21H2,1-4H3. The molecule has 0 amide bonds. The smallest absolute Gasteiger partial charge is 0.123 e. The van der Waals surface area contributed by atoms with Gasteiger partial charge in [-0.25, -0.2) is 8.78 Å². The zero-order chi connectivity index (χ0) is 27.1. The number of fused-ring (bicyclic) bond motifs is 4. The maximum atomic E-state index is 13.8. The molecule has 0 fully saturated rings. The Labute approximate surface area is 229 Å². The van der Waals surface area contributed by atoms with Crippen LogP contribution in [0.2, 0.25) is 0 Å². The van der Waals surface area contributed by atoms with Crippen LogP contribution in [0.5, 0.6) is 0 Å². The van der Waals surface area contributed by atoms with E-state index in [0.717, 1.165) is 23.1 Å². The Hall–Kier alpha value is -3.72.